The van der Waals surface area contributed by atoms with Crippen molar-refractivity contribution in [2.45, 2.75) is 32.2 Å². The fourth-order valence-electron chi connectivity index (χ4n) is 2.46. The minimum Gasteiger partial charge on any atom is -0.341 e. The van der Waals surface area contributed by atoms with Crippen molar-refractivity contribution in [2.75, 3.05) is 6.26 Å². The van der Waals surface area contributed by atoms with Crippen LogP contribution in [0.15, 0.2) is 24.3 Å². The Balaban J connectivity index is 2.65. The quantitative estimate of drug-likeness (QED) is 0.934. The van der Waals surface area contributed by atoms with Crippen LogP contribution in [0.1, 0.15) is 31.1 Å². The zero-order chi connectivity index (χ0) is 14.2. The van der Waals surface area contributed by atoms with Gasteiger partial charge in [0.15, 0.2) is 9.84 Å². The summed E-state index contributed by atoms with van der Waals surface area (Å²) in [5, 5.41) is 1.05. The Morgan fingerprint density at radius 3 is 2.47 bits per heavy atom. The van der Waals surface area contributed by atoms with E-state index >= 15 is 0 Å². The molecule has 0 spiro atoms. The Kier molecular flexibility index (Phi) is 3.69. The Bertz CT molecular complexity index is 700. The normalized spacial score (nSPS) is 12.5. The van der Waals surface area contributed by atoms with E-state index in [4.69, 9.17) is 5.73 Å². The average Bonchev–Trinajstić information content (AvgIpc) is 2.62. The van der Waals surface area contributed by atoms with E-state index in [2.05, 4.69) is 18.4 Å². The minimum absolute atomic E-state index is 0.0673. The van der Waals surface area contributed by atoms with E-state index in [1.807, 2.05) is 24.3 Å². The highest BCUT2D eigenvalue weighted by molar-refractivity contribution is 7.89. The number of nitrogens with two attached hydrogens (primary N) is 1. The maximum atomic E-state index is 11.5. The molecule has 4 nitrogen and oxygen atoms in total. The van der Waals surface area contributed by atoms with Gasteiger partial charge in [-0.25, -0.2) is 8.42 Å². The molecule has 0 aliphatic carbocycles. The molecule has 1 aromatic carbocycles. The molecule has 0 saturated heterocycles. The van der Waals surface area contributed by atoms with E-state index in [1.54, 1.807) is 0 Å². The predicted molar refractivity (Wildman–Crippen MR) is 78.8 cm³/mol. The van der Waals surface area contributed by atoms with Crippen LogP contribution in [0.2, 0.25) is 0 Å². The third-order valence-electron chi connectivity index (χ3n) is 3.15. The molecule has 2 N–H and O–H groups in total. The molecule has 0 unspecified atom stereocenters. The third-order valence-corrected chi connectivity index (χ3v) is 3.97. The highest BCUT2D eigenvalue weighted by Crippen LogP contribution is 2.26. The number of aromatic nitrogens is 1. The number of rotatable bonds is 4. The standard InChI is InChI=1S/C14H20N2O2S/c1-10(2)16-13(9-19(3,17)18)7-12-6-11(8-15)4-5-14(12)16/h4-7,10H,8-9,15H2,1-3H3. The van der Waals surface area contributed by atoms with Crippen molar-refractivity contribution in [2.24, 2.45) is 5.73 Å². The Morgan fingerprint density at radius 2 is 1.95 bits per heavy atom. The Morgan fingerprint density at radius 1 is 1.26 bits per heavy atom. The van der Waals surface area contributed by atoms with Crippen LogP contribution in [-0.2, 0) is 22.1 Å². The van der Waals surface area contributed by atoms with Crippen molar-refractivity contribution in [1.29, 1.82) is 0 Å². The lowest BCUT2D eigenvalue weighted by Gasteiger charge is -2.14. The molecule has 0 bridgehead atoms. The second kappa shape index (κ2) is 4.98. The first kappa shape index (κ1) is 14.1. The van der Waals surface area contributed by atoms with Crippen LogP contribution in [-0.4, -0.2) is 19.2 Å². The van der Waals surface area contributed by atoms with Gasteiger partial charge < -0.3 is 10.3 Å². The van der Waals surface area contributed by atoms with E-state index in [1.165, 1.54) is 6.26 Å². The molecule has 0 saturated carbocycles. The molecular weight excluding hydrogens is 260 g/mol. The number of hydrogen-bond donors (Lipinski definition) is 1. The first-order valence-corrected chi connectivity index (χ1v) is 8.38. The van der Waals surface area contributed by atoms with Crippen LogP contribution < -0.4 is 5.73 Å². The minimum atomic E-state index is -3.04. The molecule has 2 aromatic rings. The smallest absolute Gasteiger partial charge is 0.153 e. The van der Waals surface area contributed by atoms with Gasteiger partial charge in [-0.3, -0.25) is 0 Å². The lowest BCUT2D eigenvalue weighted by Crippen LogP contribution is -2.10. The average molecular weight is 280 g/mol. The Hall–Kier alpha value is -1.33. The van der Waals surface area contributed by atoms with Crippen molar-refractivity contribution in [3.63, 3.8) is 0 Å². The van der Waals surface area contributed by atoms with E-state index in [0.29, 0.717) is 6.54 Å². The molecular formula is C14H20N2O2S. The summed E-state index contributed by atoms with van der Waals surface area (Å²) in [6.45, 7) is 4.61. The second-order valence-corrected chi connectivity index (χ2v) is 7.41. The highest BCUT2D eigenvalue weighted by atomic mass is 32.2. The van der Waals surface area contributed by atoms with Gasteiger partial charge in [-0.15, -0.1) is 0 Å². The van der Waals surface area contributed by atoms with Gasteiger partial charge in [0.05, 0.1) is 5.75 Å². The van der Waals surface area contributed by atoms with Crippen molar-refractivity contribution in [3.8, 4) is 0 Å². The second-order valence-electron chi connectivity index (χ2n) is 5.27. The van der Waals surface area contributed by atoms with Gasteiger partial charge in [-0.05, 0) is 37.6 Å². The van der Waals surface area contributed by atoms with Gasteiger partial charge in [-0.2, -0.15) is 0 Å². The summed E-state index contributed by atoms with van der Waals surface area (Å²) in [6.07, 6.45) is 1.26. The SMILES string of the molecule is CC(C)n1c(CS(C)(=O)=O)cc2cc(CN)ccc21. The van der Waals surface area contributed by atoms with E-state index in [-0.39, 0.29) is 11.8 Å². The van der Waals surface area contributed by atoms with E-state index in [9.17, 15) is 8.42 Å². The maximum absolute atomic E-state index is 11.5. The maximum Gasteiger partial charge on any atom is 0.153 e. The summed E-state index contributed by atoms with van der Waals surface area (Å²) in [6, 6.07) is 8.21. The van der Waals surface area contributed by atoms with Crippen molar-refractivity contribution in [1.82, 2.24) is 4.57 Å². The molecule has 1 aromatic heterocycles. The molecule has 0 atom stereocenters. The summed E-state index contributed by atoms with van der Waals surface area (Å²) in [4.78, 5) is 0. The number of nitrogens with zero attached hydrogens (tertiary/aromatic N) is 1. The lowest BCUT2D eigenvalue weighted by atomic mass is 10.1. The number of benzene rings is 1. The van der Waals surface area contributed by atoms with Gasteiger partial charge >= 0.3 is 0 Å². The number of hydrogen-bond acceptors (Lipinski definition) is 3. The number of fused-ring (bicyclic) bond motifs is 1. The fraction of sp³-hybridized carbons (Fsp3) is 0.429. The van der Waals surface area contributed by atoms with Crippen LogP contribution >= 0.6 is 0 Å². The third kappa shape index (κ3) is 2.98. The lowest BCUT2D eigenvalue weighted by molar-refractivity contribution is 0.585. The predicted octanol–water partition coefficient (Wildman–Crippen LogP) is 2.23. The Labute approximate surface area is 114 Å². The molecule has 2 rings (SSSR count). The molecule has 5 heteroatoms. The summed E-state index contributed by atoms with van der Waals surface area (Å²) >= 11 is 0. The van der Waals surface area contributed by atoms with Gasteiger partial charge in [-0.1, -0.05) is 6.07 Å². The molecule has 1 heterocycles. The zero-order valence-corrected chi connectivity index (χ0v) is 12.4. The van der Waals surface area contributed by atoms with E-state index in [0.717, 1.165) is 22.2 Å². The van der Waals surface area contributed by atoms with Gasteiger partial charge in [0.1, 0.15) is 0 Å². The fourth-order valence-corrected chi connectivity index (χ4v) is 3.22. The first-order chi connectivity index (χ1) is 8.81. The first-order valence-electron chi connectivity index (χ1n) is 6.32. The van der Waals surface area contributed by atoms with Crippen molar-refractivity contribution < 1.29 is 8.42 Å². The molecule has 0 radical (unpaired) electrons. The molecule has 0 fully saturated rings. The molecule has 0 amide bonds. The molecule has 104 valence electrons. The van der Waals surface area contributed by atoms with Gasteiger partial charge in [0, 0.05) is 35.4 Å². The van der Waals surface area contributed by atoms with Crippen LogP contribution in [0.5, 0.6) is 0 Å². The molecule has 0 aliphatic rings. The van der Waals surface area contributed by atoms with E-state index < -0.39 is 9.84 Å². The van der Waals surface area contributed by atoms with Crippen molar-refractivity contribution in [3.05, 3.63) is 35.5 Å². The summed E-state index contributed by atoms with van der Waals surface area (Å²) in [7, 11) is -3.04. The molecule has 0 aliphatic heterocycles. The number of sulfone groups is 1. The topological polar surface area (TPSA) is 65.1 Å². The van der Waals surface area contributed by atoms with Crippen LogP contribution in [0.3, 0.4) is 0 Å². The summed E-state index contributed by atoms with van der Waals surface area (Å²) < 4.78 is 25.2. The van der Waals surface area contributed by atoms with Gasteiger partial charge in [0.25, 0.3) is 0 Å². The summed E-state index contributed by atoms with van der Waals surface area (Å²) in [5.74, 6) is 0.0673. The highest BCUT2D eigenvalue weighted by Gasteiger charge is 2.15. The zero-order valence-electron chi connectivity index (χ0n) is 11.6. The van der Waals surface area contributed by atoms with Crippen LogP contribution in [0, 0.1) is 0 Å². The van der Waals surface area contributed by atoms with Crippen LogP contribution in [0.4, 0.5) is 0 Å². The van der Waals surface area contributed by atoms with Gasteiger partial charge in [0.2, 0.25) is 0 Å². The van der Waals surface area contributed by atoms with Crippen molar-refractivity contribution >= 4 is 20.7 Å². The summed E-state index contributed by atoms with van der Waals surface area (Å²) in [5.41, 5.74) is 8.60. The molecule has 19 heavy (non-hydrogen) atoms. The monoisotopic (exact) mass is 280 g/mol. The largest absolute Gasteiger partial charge is 0.341 e. The van der Waals surface area contributed by atoms with Crippen LogP contribution in [0.25, 0.3) is 10.9 Å².